The van der Waals surface area contributed by atoms with Gasteiger partial charge >= 0.3 is 5.97 Å². The van der Waals surface area contributed by atoms with Crippen molar-refractivity contribution in [2.24, 2.45) is 0 Å². The lowest BCUT2D eigenvalue weighted by atomic mass is 10.0. The third-order valence-corrected chi connectivity index (χ3v) is 6.94. The van der Waals surface area contributed by atoms with E-state index < -0.39 is 12.0 Å². The van der Waals surface area contributed by atoms with E-state index in [1.54, 1.807) is 0 Å². The minimum atomic E-state index is -0.783. The van der Waals surface area contributed by atoms with Gasteiger partial charge in [0.15, 0.2) is 5.89 Å². The third-order valence-electron chi connectivity index (χ3n) is 6.94. The fraction of sp³-hybridized carbons (Fsp3) is 0.290. The van der Waals surface area contributed by atoms with Crippen LogP contribution in [0, 0.1) is 13.8 Å². The van der Waals surface area contributed by atoms with E-state index in [0.29, 0.717) is 31.9 Å². The molecule has 1 aliphatic heterocycles. The van der Waals surface area contributed by atoms with Crippen molar-refractivity contribution in [2.45, 2.75) is 51.7 Å². The Kier molecular flexibility index (Phi) is 7.75. The first kappa shape index (κ1) is 25.5. The number of oxazole rings is 1. The smallest absolute Gasteiger partial charge is 0.320 e. The van der Waals surface area contributed by atoms with Crippen molar-refractivity contribution in [3.8, 4) is 17.2 Å². The zero-order chi connectivity index (χ0) is 26.5. The van der Waals surface area contributed by atoms with Gasteiger partial charge < -0.3 is 19.0 Å². The third kappa shape index (κ3) is 6.06. The second kappa shape index (κ2) is 11.5. The predicted molar refractivity (Wildman–Crippen MR) is 144 cm³/mol. The monoisotopic (exact) mass is 512 g/mol. The molecule has 0 amide bonds. The lowest BCUT2D eigenvalue weighted by molar-refractivity contribution is -0.142. The standard InChI is InChI=1S/C31H32N2O5/c1-21-28(32-22(2)37-21)18-19-36-25-14-10-24(11-15-25)29-16-17-30(31(34)35)33(29)20-23-8-12-27(13-9-23)38-26-6-4-3-5-7-26/h3-15,29-30H,16-20H2,1-2H3,(H,34,35)/t29-,30-/m0/s1. The molecule has 38 heavy (non-hydrogen) atoms. The van der Waals surface area contributed by atoms with E-state index in [0.717, 1.165) is 46.3 Å². The summed E-state index contributed by atoms with van der Waals surface area (Å²) in [4.78, 5) is 18.5. The average molecular weight is 513 g/mol. The first-order valence-electron chi connectivity index (χ1n) is 12.9. The Balaban J connectivity index is 1.23. The van der Waals surface area contributed by atoms with Crippen LogP contribution < -0.4 is 9.47 Å². The zero-order valence-electron chi connectivity index (χ0n) is 21.7. The highest BCUT2D eigenvalue weighted by molar-refractivity contribution is 5.74. The van der Waals surface area contributed by atoms with E-state index in [-0.39, 0.29) is 6.04 Å². The molecule has 4 aromatic rings. The molecule has 0 spiro atoms. The highest BCUT2D eigenvalue weighted by Gasteiger charge is 2.38. The summed E-state index contributed by atoms with van der Waals surface area (Å²) in [5.74, 6) is 3.02. The van der Waals surface area contributed by atoms with Gasteiger partial charge in [-0.3, -0.25) is 9.69 Å². The number of para-hydroxylation sites is 1. The lowest BCUT2D eigenvalue weighted by Gasteiger charge is -2.28. The number of hydrogen-bond donors (Lipinski definition) is 1. The van der Waals surface area contributed by atoms with E-state index in [9.17, 15) is 9.90 Å². The van der Waals surface area contributed by atoms with Gasteiger partial charge in [0.25, 0.3) is 0 Å². The highest BCUT2D eigenvalue weighted by atomic mass is 16.5. The molecule has 1 aromatic heterocycles. The summed E-state index contributed by atoms with van der Waals surface area (Å²) in [7, 11) is 0. The maximum atomic E-state index is 12.1. The van der Waals surface area contributed by atoms with Crippen LogP contribution in [-0.2, 0) is 17.8 Å². The molecule has 7 nitrogen and oxygen atoms in total. The molecule has 1 saturated heterocycles. The van der Waals surface area contributed by atoms with Gasteiger partial charge in [0, 0.05) is 25.9 Å². The van der Waals surface area contributed by atoms with Crippen LogP contribution in [0.15, 0.2) is 83.3 Å². The van der Waals surface area contributed by atoms with Crippen molar-refractivity contribution >= 4 is 5.97 Å². The van der Waals surface area contributed by atoms with Crippen molar-refractivity contribution in [3.63, 3.8) is 0 Å². The molecule has 1 N–H and O–H groups in total. The Bertz CT molecular complexity index is 1350. The van der Waals surface area contributed by atoms with Crippen molar-refractivity contribution < 1.29 is 23.8 Å². The number of nitrogens with zero attached hydrogens (tertiary/aromatic N) is 2. The molecule has 0 saturated carbocycles. The molecular formula is C31H32N2O5. The minimum Gasteiger partial charge on any atom is -0.493 e. The maximum absolute atomic E-state index is 12.1. The molecule has 1 aliphatic rings. The molecule has 0 unspecified atom stereocenters. The summed E-state index contributed by atoms with van der Waals surface area (Å²) < 4.78 is 17.3. The normalized spacial score (nSPS) is 17.4. The van der Waals surface area contributed by atoms with Crippen molar-refractivity contribution in [1.82, 2.24) is 9.88 Å². The minimum absolute atomic E-state index is 0.0196. The molecule has 2 atom stereocenters. The molecule has 196 valence electrons. The summed E-state index contributed by atoms with van der Waals surface area (Å²) in [6.07, 6.45) is 2.08. The molecule has 7 heteroatoms. The van der Waals surface area contributed by atoms with Crippen LogP contribution in [0.3, 0.4) is 0 Å². The number of hydrogen-bond acceptors (Lipinski definition) is 6. The second-order valence-corrected chi connectivity index (χ2v) is 9.58. The number of carboxylic acids is 1. The lowest BCUT2D eigenvalue weighted by Crippen LogP contribution is -2.36. The molecule has 2 heterocycles. The predicted octanol–water partition coefficient (Wildman–Crippen LogP) is 6.50. The van der Waals surface area contributed by atoms with Crippen LogP contribution in [-0.4, -0.2) is 33.6 Å². The zero-order valence-corrected chi connectivity index (χ0v) is 21.7. The summed E-state index contributed by atoms with van der Waals surface area (Å²) >= 11 is 0. The van der Waals surface area contributed by atoms with Crippen LogP contribution in [0.2, 0.25) is 0 Å². The first-order valence-corrected chi connectivity index (χ1v) is 12.9. The first-order chi connectivity index (χ1) is 18.5. The van der Waals surface area contributed by atoms with Gasteiger partial charge in [0.1, 0.15) is 29.1 Å². The van der Waals surface area contributed by atoms with Crippen LogP contribution >= 0.6 is 0 Å². The average Bonchev–Trinajstić information content (AvgIpc) is 3.48. The van der Waals surface area contributed by atoms with Crippen molar-refractivity contribution in [1.29, 1.82) is 0 Å². The Morgan fingerprint density at radius 1 is 0.947 bits per heavy atom. The van der Waals surface area contributed by atoms with Gasteiger partial charge in [-0.15, -0.1) is 0 Å². The van der Waals surface area contributed by atoms with E-state index in [1.165, 1.54) is 0 Å². The summed E-state index contributed by atoms with van der Waals surface area (Å²) in [5, 5.41) is 9.90. The van der Waals surface area contributed by atoms with Gasteiger partial charge in [-0.2, -0.15) is 0 Å². The molecule has 1 fully saturated rings. The molecule has 3 aromatic carbocycles. The number of aliphatic carboxylic acids is 1. The molecule has 0 bridgehead atoms. The van der Waals surface area contributed by atoms with Gasteiger partial charge in [0.2, 0.25) is 0 Å². The van der Waals surface area contributed by atoms with E-state index in [2.05, 4.69) is 9.88 Å². The summed E-state index contributed by atoms with van der Waals surface area (Å²) in [6.45, 7) is 4.80. The molecule has 0 radical (unpaired) electrons. The molecular weight excluding hydrogens is 480 g/mol. The van der Waals surface area contributed by atoms with Gasteiger partial charge in [-0.1, -0.05) is 42.5 Å². The largest absolute Gasteiger partial charge is 0.493 e. The number of aryl methyl sites for hydroxylation is 2. The number of benzene rings is 3. The Morgan fingerprint density at radius 2 is 1.63 bits per heavy atom. The van der Waals surface area contributed by atoms with Crippen LogP contribution in [0.4, 0.5) is 0 Å². The van der Waals surface area contributed by atoms with E-state index >= 15 is 0 Å². The van der Waals surface area contributed by atoms with Crippen LogP contribution in [0.1, 0.15) is 47.4 Å². The summed E-state index contributed by atoms with van der Waals surface area (Å²) in [6, 6.07) is 25.0. The SMILES string of the molecule is Cc1nc(CCOc2ccc([C@@H]3CC[C@@H](C(=O)O)N3Cc3ccc(Oc4ccccc4)cc3)cc2)c(C)o1. The van der Waals surface area contributed by atoms with Crippen molar-refractivity contribution in [3.05, 3.63) is 107 Å². The maximum Gasteiger partial charge on any atom is 0.320 e. The van der Waals surface area contributed by atoms with Crippen LogP contribution in [0.25, 0.3) is 0 Å². The number of rotatable bonds is 10. The number of likely N-dealkylation sites (tertiary alicyclic amines) is 1. The number of ether oxygens (including phenoxy) is 2. The Labute approximate surface area is 222 Å². The van der Waals surface area contributed by atoms with Gasteiger partial charge in [-0.05, 0) is 67.3 Å². The molecule has 0 aliphatic carbocycles. The molecule has 5 rings (SSSR count). The fourth-order valence-corrected chi connectivity index (χ4v) is 5.06. The number of carboxylic acid groups (broad SMARTS) is 1. The quantitative estimate of drug-likeness (QED) is 0.260. The topological polar surface area (TPSA) is 85.0 Å². The summed E-state index contributed by atoms with van der Waals surface area (Å²) in [5.41, 5.74) is 3.05. The number of aromatic nitrogens is 1. The second-order valence-electron chi connectivity index (χ2n) is 9.58. The van der Waals surface area contributed by atoms with Crippen molar-refractivity contribution in [2.75, 3.05) is 6.61 Å². The number of carbonyl (C=O) groups is 1. The van der Waals surface area contributed by atoms with E-state index in [4.69, 9.17) is 13.9 Å². The fourth-order valence-electron chi connectivity index (χ4n) is 5.06. The Hall–Kier alpha value is -4.10. The Morgan fingerprint density at radius 3 is 2.29 bits per heavy atom. The van der Waals surface area contributed by atoms with Crippen LogP contribution in [0.5, 0.6) is 17.2 Å². The van der Waals surface area contributed by atoms with Gasteiger partial charge in [0.05, 0.1) is 12.3 Å². The van der Waals surface area contributed by atoms with Gasteiger partial charge in [-0.25, -0.2) is 4.98 Å². The van der Waals surface area contributed by atoms with E-state index in [1.807, 2.05) is 92.7 Å². The highest BCUT2D eigenvalue weighted by Crippen LogP contribution is 2.38.